The molecule has 6 heteroatoms. The fourth-order valence-corrected chi connectivity index (χ4v) is 1.63. The van der Waals surface area contributed by atoms with Gasteiger partial charge in [0.05, 0.1) is 11.1 Å². The van der Waals surface area contributed by atoms with Crippen LogP contribution in [0.4, 0.5) is 0 Å². The fourth-order valence-electron chi connectivity index (χ4n) is 1.63. The number of hydroxylamine groups is 2. The van der Waals surface area contributed by atoms with Crippen LogP contribution in [0.2, 0.25) is 0 Å². The first-order valence-electron chi connectivity index (χ1n) is 5.79. The number of imide groups is 1. The summed E-state index contributed by atoms with van der Waals surface area (Å²) in [4.78, 5) is 42.2. The van der Waals surface area contributed by atoms with Gasteiger partial charge >= 0.3 is 5.97 Å². The molecule has 1 aliphatic heterocycles. The van der Waals surface area contributed by atoms with Crippen molar-refractivity contribution in [1.29, 1.82) is 0 Å². The van der Waals surface area contributed by atoms with Crippen LogP contribution in [-0.2, 0) is 9.63 Å². The van der Waals surface area contributed by atoms with E-state index in [9.17, 15) is 14.4 Å². The van der Waals surface area contributed by atoms with Crippen molar-refractivity contribution < 1.29 is 19.2 Å². The molecule has 0 saturated heterocycles. The van der Waals surface area contributed by atoms with E-state index in [-0.39, 0.29) is 11.1 Å². The summed E-state index contributed by atoms with van der Waals surface area (Å²) in [7, 11) is 3.41. The first-order chi connectivity index (χ1) is 8.93. The van der Waals surface area contributed by atoms with Gasteiger partial charge in [-0.05, 0) is 33.2 Å². The normalized spacial score (nSPS) is 15.7. The van der Waals surface area contributed by atoms with Gasteiger partial charge in [0.15, 0.2) is 0 Å². The van der Waals surface area contributed by atoms with Crippen LogP contribution in [-0.4, -0.2) is 47.9 Å². The number of benzene rings is 1. The second-order valence-corrected chi connectivity index (χ2v) is 4.50. The maximum atomic E-state index is 11.9. The summed E-state index contributed by atoms with van der Waals surface area (Å²) >= 11 is 0. The van der Waals surface area contributed by atoms with Crippen molar-refractivity contribution >= 4 is 17.8 Å². The number of likely N-dealkylation sites (N-methyl/N-ethyl adjacent to an activating group) is 1. The summed E-state index contributed by atoms with van der Waals surface area (Å²) in [5.74, 6) is -1.88. The minimum absolute atomic E-state index is 0.248. The van der Waals surface area contributed by atoms with E-state index in [1.165, 1.54) is 12.1 Å². The topological polar surface area (TPSA) is 66.9 Å². The number of nitrogens with zero attached hydrogens (tertiary/aromatic N) is 2. The van der Waals surface area contributed by atoms with Crippen LogP contribution < -0.4 is 0 Å². The van der Waals surface area contributed by atoms with Crippen molar-refractivity contribution in [3.63, 3.8) is 0 Å². The highest BCUT2D eigenvalue weighted by Gasteiger charge is 2.39. The van der Waals surface area contributed by atoms with E-state index in [1.54, 1.807) is 38.1 Å². The van der Waals surface area contributed by atoms with Crippen molar-refractivity contribution in [2.24, 2.45) is 0 Å². The number of carbonyl (C=O) groups excluding carboxylic acids is 3. The molecule has 0 unspecified atom stereocenters. The van der Waals surface area contributed by atoms with Crippen molar-refractivity contribution in [3.05, 3.63) is 35.4 Å². The Balaban J connectivity index is 2.19. The summed E-state index contributed by atoms with van der Waals surface area (Å²) in [6.07, 6.45) is 0. The van der Waals surface area contributed by atoms with Gasteiger partial charge in [-0.25, -0.2) is 4.79 Å². The summed E-state index contributed by atoms with van der Waals surface area (Å²) in [6, 6.07) is 5.80. The minimum atomic E-state index is -0.653. The Labute approximate surface area is 110 Å². The van der Waals surface area contributed by atoms with E-state index in [2.05, 4.69) is 0 Å². The van der Waals surface area contributed by atoms with Crippen LogP contribution in [0.15, 0.2) is 24.3 Å². The molecule has 0 fully saturated rings. The van der Waals surface area contributed by atoms with Crippen molar-refractivity contribution in [2.45, 2.75) is 13.0 Å². The van der Waals surface area contributed by atoms with Crippen LogP contribution in [0.25, 0.3) is 0 Å². The molecule has 0 bridgehead atoms. The third-order valence-electron chi connectivity index (χ3n) is 3.05. The van der Waals surface area contributed by atoms with E-state index >= 15 is 0 Å². The van der Waals surface area contributed by atoms with Crippen LogP contribution in [0, 0.1) is 0 Å². The van der Waals surface area contributed by atoms with Crippen molar-refractivity contribution in [1.82, 2.24) is 9.96 Å². The molecule has 0 radical (unpaired) electrons. The molecule has 0 aliphatic carbocycles. The van der Waals surface area contributed by atoms with Gasteiger partial charge in [-0.15, -0.1) is 0 Å². The first-order valence-corrected chi connectivity index (χ1v) is 5.79. The van der Waals surface area contributed by atoms with Gasteiger partial charge in [-0.2, -0.15) is 0 Å². The van der Waals surface area contributed by atoms with E-state index in [4.69, 9.17) is 4.84 Å². The molecular weight excluding hydrogens is 248 g/mol. The molecule has 1 aromatic rings. The quantitative estimate of drug-likeness (QED) is 0.750. The van der Waals surface area contributed by atoms with Gasteiger partial charge in [0.1, 0.15) is 6.04 Å². The maximum Gasteiger partial charge on any atom is 0.349 e. The second kappa shape index (κ2) is 4.81. The minimum Gasteiger partial charge on any atom is -0.328 e. The Hall–Kier alpha value is -2.21. The predicted molar refractivity (Wildman–Crippen MR) is 66.2 cm³/mol. The third kappa shape index (κ3) is 2.22. The van der Waals surface area contributed by atoms with Crippen LogP contribution in [0.1, 0.15) is 27.6 Å². The summed E-state index contributed by atoms with van der Waals surface area (Å²) in [6.45, 7) is 1.63. The monoisotopic (exact) mass is 262 g/mol. The SMILES string of the molecule is C[C@@H](C(=O)ON1C(=O)c2ccccc2C1=O)N(C)C. The maximum absolute atomic E-state index is 11.9. The lowest BCUT2D eigenvalue weighted by atomic mass is 10.1. The van der Waals surface area contributed by atoms with Crippen molar-refractivity contribution in [3.8, 4) is 0 Å². The Morgan fingerprint density at radius 2 is 1.63 bits per heavy atom. The molecule has 0 N–H and O–H groups in total. The number of hydrogen-bond donors (Lipinski definition) is 0. The Morgan fingerprint density at radius 3 is 2.05 bits per heavy atom. The highest BCUT2D eigenvalue weighted by atomic mass is 16.7. The third-order valence-corrected chi connectivity index (χ3v) is 3.05. The average molecular weight is 262 g/mol. The van der Waals surface area contributed by atoms with Gasteiger partial charge in [-0.3, -0.25) is 14.5 Å². The van der Waals surface area contributed by atoms with Gasteiger partial charge < -0.3 is 4.84 Å². The van der Waals surface area contributed by atoms with Gasteiger partial charge in [-0.1, -0.05) is 17.2 Å². The molecule has 1 heterocycles. The summed E-state index contributed by atoms with van der Waals surface area (Å²) in [5, 5.41) is 0.521. The molecule has 0 spiro atoms. The van der Waals surface area contributed by atoms with Gasteiger partial charge in [0, 0.05) is 0 Å². The lowest BCUT2D eigenvalue weighted by Crippen LogP contribution is -2.41. The van der Waals surface area contributed by atoms with Gasteiger partial charge in [0.2, 0.25) is 0 Å². The molecule has 6 nitrogen and oxygen atoms in total. The second-order valence-electron chi connectivity index (χ2n) is 4.50. The number of carbonyl (C=O) groups is 3. The lowest BCUT2D eigenvalue weighted by molar-refractivity contribution is -0.173. The number of rotatable bonds is 3. The number of hydrogen-bond acceptors (Lipinski definition) is 5. The van der Waals surface area contributed by atoms with Crippen LogP contribution in [0.5, 0.6) is 0 Å². The Morgan fingerprint density at radius 1 is 1.16 bits per heavy atom. The number of fused-ring (bicyclic) bond motifs is 1. The molecule has 1 aromatic carbocycles. The van der Waals surface area contributed by atoms with E-state index < -0.39 is 23.8 Å². The van der Waals surface area contributed by atoms with E-state index in [0.717, 1.165) is 0 Å². The predicted octanol–water partition coefficient (Wildman–Crippen LogP) is 0.691. The molecule has 1 atom stereocenters. The summed E-state index contributed by atoms with van der Waals surface area (Å²) in [5.41, 5.74) is 0.496. The van der Waals surface area contributed by atoms with Gasteiger partial charge in [0.25, 0.3) is 11.8 Å². The molecule has 2 rings (SSSR count). The molecule has 2 amide bonds. The van der Waals surface area contributed by atoms with E-state index in [0.29, 0.717) is 5.06 Å². The largest absolute Gasteiger partial charge is 0.349 e. The zero-order valence-corrected chi connectivity index (χ0v) is 10.9. The zero-order chi connectivity index (χ0) is 14.2. The Bertz CT molecular complexity index is 518. The molecule has 100 valence electrons. The number of amides is 2. The standard InChI is InChI=1S/C13H14N2O4/c1-8(14(2)3)13(18)19-15-11(16)9-6-4-5-7-10(9)12(15)17/h4-8H,1-3H3/t8-/m0/s1. The molecular formula is C13H14N2O4. The van der Waals surface area contributed by atoms with Crippen molar-refractivity contribution in [2.75, 3.05) is 14.1 Å². The summed E-state index contributed by atoms with van der Waals surface area (Å²) < 4.78 is 0. The first kappa shape index (κ1) is 13.2. The molecule has 0 aromatic heterocycles. The Kier molecular flexibility index (Phi) is 3.35. The molecule has 19 heavy (non-hydrogen) atoms. The molecule has 1 aliphatic rings. The lowest BCUT2D eigenvalue weighted by Gasteiger charge is -2.20. The highest BCUT2D eigenvalue weighted by molar-refractivity contribution is 6.20. The van der Waals surface area contributed by atoms with E-state index in [1.807, 2.05) is 0 Å². The smallest absolute Gasteiger partial charge is 0.328 e. The average Bonchev–Trinajstić information content (AvgIpc) is 2.63. The van der Waals surface area contributed by atoms with Crippen LogP contribution in [0.3, 0.4) is 0 Å². The van der Waals surface area contributed by atoms with Crippen LogP contribution >= 0.6 is 0 Å². The zero-order valence-electron chi connectivity index (χ0n) is 10.9. The highest BCUT2D eigenvalue weighted by Crippen LogP contribution is 2.22. The molecule has 0 saturated carbocycles. The fraction of sp³-hybridized carbons (Fsp3) is 0.308.